The van der Waals surface area contributed by atoms with Crippen LogP contribution in [0.3, 0.4) is 0 Å². The molecule has 0 atom stereocenters. The summed E-state index contributed by atoms with van der Waals surface area (Å²) in [4.78, 5) is 9.24. The van der Waals surface area contributed by atoms with Crippen LogP contribution < -0.4 is 5.73 Å². The Balaban J connectivity index is -0.00000000800. The molecular formula is C2H8CaINO2Zn. The van der Waals surface area contributed by atoms with Gasteiger partial charge in [-0.05, 0) is 0 Å². The third-order valence-corrected chi connectivity index (χ3v) is 0.175. The molecule has 0 aromatic heterocycles. The van der Waals surface area contributed by atoms with Gasteiger partial charge < -0.3 is 13.7 Å². The van der Waals surface area contributed by atoms with Gasteiger partial charge >= 0.3 is 43.7 Å². The maximum Gasteiger partial charge on any atom is 2.00 e. The smallest absolute Gasteiger partial charge is 1.00 e. The molecule has 0 aliphatic rings. The molecule has 0 rings (SSSR count). The van der Waals surface area contributed by atoms with E-state index in [9.17, 15) is 4.79 Å². The molecule has 0 bridgehead atoms. The molecule has 0 amide bonds. The predicted octanol–water partition coefficient (Wildman–Crippen LogP) is -0.511. The van der Waals surface area contributed by atoms with Gasteiger partial charge in [0.15, 0.2) is 0 Å². The van der Waals surface area contributed by atoms with E-state index in [4.69, 9.17) is 5.11 Å². The van der Waals surface area contributed by atoms with Crippen molar-refractivity contribution < 1.29 is 32.2 Å². The van der Waals surface area contributed by atoms with Gasteiger partial charge in [-0.2, -0.15) is 0 Å². The van der Waals surface area contributed by atoms with Crippen LogP contribution >= 0.6 is 24.0 Å². The van der Waals surface area contributed by atoms with Crippen LogP contribution in [0.1, 0.15) is 2.85 Å². The van der Waals surface area contributed by atoms with Gasteiger partial charge in [-0.25, -0.2) is 0 Å². The van der Waals surface area contributed by atoms with Gasteiger partial charge in [-0.3, -0.25) is 4.79 Å². The Kier molecular flexibility index (Phi) is 45.0. The predicted molar refractivity (Wildman–Crippen MR) is 40.1 cm³/mol. The number of carboxylic acid groups (broad SMARTS) is 1. The summed E-state index contributed by atoms with van der Waals surface area (Å²) in [5.74, 6) is -0.968. The molecule has 0 aliphatic heterocycles. The first-order valence-electron chi connectivity index (χ1n) is 1.19. The number of hydrogen-bond acceptors (Lipinski definition) is 2. The molecule has 0 aromatic carbocycles. The van der Waals surface area contributed by atoms with Gasteiger partial charge in [0.05, 0.1) is 6.54 Å². The Morgan fingerprint density at radius 1 is 1.75 bits per heavy atom. The average molecular weight is 310 g/mol. The second-order valence-corrected chi connectivity index (χ2v) is 0.598. The van der Waals surface area contributed by atoms with Crippen LogP contribution in [0, 0.1) is 0 Å². The summed E-state index contributed by atoms with van der Waals surface area (Å²) in [7, 11) is 0. The van der Waals surface area contributed by atoms with Gasteiger partial charge in [-0.15, -0.1) is 24.0 Å². The summed E-state index contributed by atoms with van der Waals surface area (Å²) in [6, 6.07) is 0. The molecular weight excluding hydrogens is 302 g/mol. The van der Waals surface area contributed by atoms with Crippen molar-refractivity contribution in [1.29, 1.82) is 0 Å². The van der Waals surface area contributed by atoms with Crippen molar-refractivity contribution in [3.63, 3.8) is 0 Å². The van der Waals surface area contributed by atoms with E-state index in [2.05, 4.69) is 5.73 Å². The number of carboxylic acids is 1. The second kappa shape index (κ2) is 16.0. The molecule has 8 heavy (non-hydrogen) atoms. The Hall–Kier alpha value is 2.04. The summed E-state index contributed by atoms with van der Waals surface area (Å²) in [5.41, 5.74) is 4.57. The largest absolute Gasteiger partial charge is 2.00 e. The van der Waals surface area contributed by atoms with Gasteiger partial charge in [-0.1, -0.05) is 0 Å². The van der Waals surface area contributed by atoms with E-state index in [1.54, 1.807) is 0 Å². The Labute approximate surface area is 111 Å². The van der Waals surface area contributed by atoms with Crippen molar-refractivity contribution >= 4 is 67.7 Å². The minimum atomic E-state index is -0.968. The van der Waals surface area contributed by atoms with E-state index in [1.165, 1.54) is 0 Å². The number of aliphatic carboxylic acids is 1. The van der Waals surface area contributed by atoms with Crippen molar-refractivity contribution in [2.75, 3.05) is 6.54 Å². The van der Waals surface area contributed by atoms with E-state index in [1.807, 2.05) is 0 Å². The molecule has 0 fully saturated rings. The topological polar surface area (TPSA) is 63.3 Å². The fourth-order valence-corrected chi connectivity index (χ4v) is 0. The second-order valence-electron chi connectivity index (χ2n) is 0.598. The van der Waals surface area contributed by atoms with Crippen LogP contribution in [0.15, 0.2) is 0 Å². The Bertz CT molecular complexity index is 62.5. The fraction of sp³-hybridized carbons (Fsp3) is 0.500. The zero-order valence-corrected chi connectivity index (χ0v) is 12.0. The number of carbonyl (C=O) groups is 1. The van der Waals surface area contributed by atoms with E-state index < -0.39 is 5.97 Å². The maximum atomic E-state index is 9.24. The minimum Gasteiger partial charge on any atom is -1.00 e. The molecule has 3 N–H and O–H groups in total. The molecule has 0 radical (unpaired) electrons. The SMILES string of the molecule is I.NCC(=O)O.[Ca+2].[H-].[H-].[Zn]. The maximum absolute atomic E-state index is 9.24. The van der Waals surface area contributed by atoms with Crippen LogP contribution in [-0.4, -0.2) is 55.4 Å². The summed E-state index contributed by atoms with van der Waals surface area (Å²) in [6.45, 7) is -0.278. The van der Waals surface area contributed by atoms with E-state index in [0.717, 1.165) is 0 Å². The normalized spacial score (nSPS) is 4.62. The molecule has 0 saturated heterocycles. The Morgan fingerprint density at radius 2 is 1.88 bits per heavy atom. The van der Waals surface area contributed by atoms with Crippen LogP contribution in [0.25, 0.3) is 0 Å². The standard InChI is InChI=1S/C2H5NO2.Ca.HI.Zn.2H/c3-1-2(4)5;;;;;/h1,3H2,(H,4,5);;1H;;;/q;+2;;;2*-1. The van der Waals surface area contributed by atoms with Crippen LogP contribution in [-0.2, 0) is 24.3 Å². The summed E-state index contributed by atoms with van der Waals surface area (Å²) in [5, 5.41) is 7.60. The summed E-state index contributed by atoms with van der Waals surface area (Å²) in [6.07, 6.45) is 0. The van der Waals surface area contributed by atoms with E-state index >= 15 is 0 Å². The van der Waals surface area contributed by atoms with Crippen LogP contribution in [0.5, 0.6) is 0 Å². The van der Waals surface area contributed by atoms with Crippen molar-refractivity contribution in [2.45, 2.75) is 0 Å². The van der Waals surface area contributed by atoms with Crippen molar-refractivity contribution in [1.82, 2.24) is 0 Å². The van der Waals surface area contributed by atoms with Crippen LogP contribution in [0.2, 0.25) is 0 Å². The number of rotatable bonds is 1. The van der Waals surface area contributed by atoms with Gasteiger partial charge in [0.2, 0.25) is 0 Å². The summed E-state index contributed by atoms with van der Waals surface area (Å²) >= 11 is 0. The van der Waals surface area contributed by atoms with Crippen molar-refractivity contribution in [3.05, 3.63) is 0 Å². The average Bonchev–Trinajstić information content (AvgIpc) is 1.38. The molecule has 0 heterocycles. The zero-order valence-electron chi connectivity index (χ0n) is 6.46. The molecule has 0 aromatic rings. The third-order valence-electron chi connectivity index (χ3n) is 0.175. The number of halogens is 1. The minimum absolute atomic E-state index is 0. The fourth-order valence-electron chi connectivity index (χ4n) is 0. The first-order valence-corrected chi connectivity index (χ1v) is 1.19. The summed E-state index contributed by atoms with van der Waals surface area (Å²) < 4.78 is 0. The van der Waals surface area contributed by atoms with Gasteiger partial charge in [0.25, 0.3) is 0 Å². The van der Waals surface area contributed by atoms with Crippen molar-refractivity contribution in [2.24, 2.45) is 5.73 Å². The number of hydrogen-bond donors (Lipinski definition) is 2. The first kappa shape index (κ1) is 22.5. The molecule has 0 spiro atoms. The molecule has 3 nitrogen and oxygen atoms in total. The molecule has 0 aliphatic carbocycles. The van der Waals surface area contributed by atoms with Crippen molar-refractivity contribution in [3.8, 4) is 0 Å². The first-order chi connectivity index (χ1) is 2.27. The van der Waals surface area contributed by atoms with E-state index in [0.29, 0.717) is 0 Å². The zero-order chi connectivity index (χ0) is 4.28. The third kappa shape index (κ3) is 24.4. The quantitative estimate of drug-likeness (QED) is 0.506. The van der Waals surface area contributed by atoms with Crippen LogP contribution in [0.4, 0.5) is 0 Å². The molecule has 0 unspecified atom stereocenters. The monoisotopic (exact) mass is 309 g/mol. The molecule has 6 heteroatoms. The molecule has 44 valence electrons. The van der Waals surface area contributed by atoms with Gasteiger partial charge in [0.1, 0.15) is 0 Å². The Morgan fingerprint density at radius 3 is 1.88 bits per heavy atom. The van der Waals surface area contributed by atoms with Gasteiger partial charge in [0, 0.05) is 19.5 Å². The molecule has 0 saturated carbocycles. The number of nitrogens with two attached hydrogens (primary N) is 1. The van der Waals surface area contributed by atoms with E-state index in [-0.39, 0.29) is 90.6 Å².